The number of nitrogens with one attached hydrogen (secondary N) is 1. The average Bonchev–Trinajstić information content (AvgIpc) is 3.35. The van der Waals surface area contributed by atoms with Crippen LogP contribution in [0.4, 0.5) is 5.69 Å². The average molecular weight is 465 g/mol. The van der Waals surface area contributed by atoms with Gasteiger partial charge in [-0.2, -0.15) is 0 Å². The molecule has 2 aliphatic heterocycles. The Morgan fingerprint density at radius 2 is 1.45 bits per heavy atom. The number of likely N-dealkylation sites (tertiary alicyclic amines) is 1. The maximum atomic E-state index is 11.7. The molecule has 0 saturated carbocycles. The fourth-order valence-electron chi connectivity index (χ4n) is 4.57. The number of anilines is 1. The van der Waals surface area contributed by atoms with Crippen molar-refractivity contribution in [2.45, 2.75) is 44.7 Å². The molecule has 31 heavy (non-hydrogen) atoms. The maximum absolute atomic E-state index is 11.7. The van der Waals surface area contributed by atoms with Crippen LogP contribution in [0.3, 0.4) is 0 Å². The summed E-state index contributed by atoms with van der Waals surface area (Å²) in [5.74, 6) is 5.14. The van der Waals surface area contributed by atoms with Crippen molar-refractivity contribution in [3.63, 3.8) is 0 Å². The van der Waals surface area contributed by atoms with Crippen molar-refractivity contribution >= 4 is 42.3 Å². The number of nitrogens with zero attached hydrogens (tertiary/aromatic N) is 2. The van der Waals surface area contributed by atoms with Gasteiger partial charge in [-0.05, 0) is 48.1 Å². The number of hydrogen-bond acceptors (Lipinski definition) is 4. The van der Waals surface area contributed by atoms with Crippen LogP contribution in [0.2, 0.25) is 0 Å². The Balaban J connectivity index is 0.00000171. The standard InChI is InChI=1S/C23H28N4O2.2ClH/c1-16(28)26-14-22-13-21(26)15-27(22)20-10-8-18(9-11-20)3-2-17-4-6-19(7-5-17)12-23(29)25-24;;/h4-11,21-22H,2-3,12-15,24H2,1H3,(H,25,29);2*1H. The number of nitrogens with two attached hydrogens (primary N) is 1. The lowest BCUT2D eigenvalue weighted by molar-refractivity contribution is -0.129. The molecule has 2 atom stereocenters. The molecule has 2 aromatic rings. The van der Waals surface area contributed by atoms with E-state index in [2.05, 4.69) is 46.7 Å². The molecule has 2 heterocycles. The number of halogens is 2. The molecule has 0 spiro atoms. The van der Waals surface area contributed by atoms with Gasteiger partial charge < -0.3 is 9.80 Å². The normalized spacial score (nSPS) is 18.9. The lowest BCUT2D eigenvalue weighted by atomic mass is 10.0. The number of fused-ring (bicyclic) bond motifs is 2. The molecule has 168 valence electrons. The minimum absolute atomic E-state index is 0. The van der Waals surface area contributed by atoms with Crippen LogP contribution >= 0.6 is 24.8 Å². The number of carbonyl (C=O) groups is 2. The predicted molar refractivity (Wildman–Crippen MR) is 128 cm³/mol. The van der Waals surface area contributed by atoms with E-state index in [-0.39, 0.29) is 36.6 Å². The lowest BCUT2D eigenvalue weighted by Crippen LogP contribution is -2.48. The quantitative estimate of drug-likeness (QED) is 0.391. The van der Waals surface area contributed by atoms with E-state index < -0.39 is 0 Å². The molecule has 2 bridgehead atoms. The first kappa shape index (κ1) is 25.0. The highest BCUT2D eigenvalue weighted by molar-refractivity contribution is 5.85. The van der Waals surface area contributed by atoms with Gasteiger partial charge in [0.05, 0.1) is 12.5 Å². The highest BCUT2D eigenvalue weighted by atomic mass is 35.5. The summed E-state index contributed by atoms with van der Waals surface area (Å²) < 4.78 is 0. The molecule has 4 rings (SSSR count). The highest BCUT2D eigenvalue weighted by Crippen LogP contribution is 2.34. The van der Waals surface area contributed by atoms with Crippen molar-refractivity contribution in [3.05, 3.63) is 65.2 Å². The number of hydrogen-bond donors (Lipinski definition) is 2. The molecular weight excluding hydrogens is 435 g/mol. The number of rotatable bonds is 6. The first-order valence-corrected chi connectivity index (χ1v) is 10.2. The number of amides is 2. The van der Waals surface area contributed by atoms with Crippen LogP contribution in [-0.2, 0) is 28.9 Å². The summed E-state index contributed by atoms with van der Waals surface area (Å²) in [5.41, 5.74) is 6.95. The van der Waals surface area contributed by atoms with Gasteiger partial charge in [0.25, 0.3) is 0 Å². The maximum Gasteiger partial charge on any atom is 0.238 e. The van der Waals surface area contributed by atoms with E-state index in [1.165, 1.54) is 16.8 Å². The second kappa shape index (κ2) is 10.8. The van der Waals surface area contributed by atoms with Gasteiger partial charge in [0.2, 0.25) is 11.8 Å². The van der Waals surface area contributed by atoms with Crippen LogP contribution in [0.25, 0.3) is 0 Å². The summed E-state index contributed by atoms with van der Waals surface area (Å²) in [4.78, 5) is 27.5. The van der Waals surface area contributed by atoms with E-state index in [4.69, 9.17) is 5.84 Å². The molecular formula is C23H30Cl2N4O2. The fraction of sp³-hybridized carbons (Fsp3) is 0.391. The lowest BCUT2D eigenvalue weighted by Gasteiger charge is -2.35. The molecule has 0 aromatic heterocycles. The van der Waals surface area contributed by atoms with Crippen molar-refractivity contribution in [1.29, 1.82) is 0 Å². The van der Waals surface area contributed by atoms with Crippen molar-refractivity contribution in [2.75, 3.05) is 18.0 Å². The Kier molecular flexibility index (Phi) is 8.74. The summed E-state index contributed by atoms with van der Waals surface area (Å²) in [5, 5.41) is 0. The third kappa shape index (κ3) is 5.70. The van der Waals surface area contributed by atoms with Crippen molar-refractivity contribution in [2.24, 2.45) is 5.84 Å². The molecule has 2 amide bonds. The third-order valence-electron chi connectivity index (χ3n) is 6.16. The minimum Gasteiger partial charge on any atom is -0.365 e. The Morgan fingerprint density at radius 1 is 0.903 bits per heavy atom. The van der Waals surface area contributed by atoms with Gasteiger partial charge in [0, 0.05) is 31.7 Å². The third-order valence-corrected chi connectivity index (χ3v) is 6.16. The summed E-state index contributed by atoms with van der Waals surface area (Å²) >= 11 is 0. The second-order valence-electron chi connectivity index (χ2n) is 8.09. The van der Waals surface area contributed by atoms with E-state index in [1.54, 1.807) is 6.92 Å². The Morgan fingerprint density at radius 3 is 1.94 bits per heavy atom. The van der Waals surface area contributed by atoms with Gasteiger partial charge in [0.1, 0.15) is 0 Å². The molecule has 2 saturated heterocycles. The summed E-state index contributed by atoms with van der Waals surface area (Å²) in [6.45, 7) is 3.47. The van der Waals surface area contributed by atoms with Gasteiger partial charge in [0.15, 0.2) is 0 Å². The van der Waals surface area contributed by atoms with Gasteiger partial charge >= 0.3 is 0 Å². The number of benzene rings is 2. The largest absolute Gasteiger partial charge is 0.365 e. The van der Waals surface area contributed by atoms with Crippen LogP contribution in [0.15, 0.2) is 48.5 Å². The molecule has 2 unspecified atom stereocenters. The smallest absolute Gasteiger partial charge is 0.238 e. The molecule has 2 aromatic carbocycles. The first-order chi connectivity index (χ1) is 14.0. The predicted octanol–water partition coefficient (Wildman–Crippen LogP) is 2.66. The fourth-order valence-corrected chi connectivity index (χ4v) is 4.57. The van der Waals surface area contributed by atoms with Gasteiger partial charge in [-0.3, -0.25) is 15.0 Å². The molecule has 3 N–H and O–H groups in total. The second-order valence-corrected chi connectivity index (χ2v) is 8.09. The minimum atomic E-state index is -0.182. The summed E-state index contributed by atoms with van der Waals surface area (Å²) in [7, 11) is 0. The Bertz CT molecular complexity index is 889. The van der Waals surface area contributed by atoms with Gasteiger partial charge in [-0.15, -0.1) is 24.8 Å². The number of hydrazine groups is 1. The highest BCUT2D eigenvalue weighted by Gasteiger charge is 2.44. The summed E-state index contributed by atoms with van der Waals surface area (Å²) in [6.07, 6.45) is 3.34. The number of aryl methyl sites for hydroxylation is 2. The van der Waals surface area contributed by atoms with E-state index in [1.807, 2.05) is 17.0 Å². The van der Waals surface area contributed by atoms with Crippen LogP contribution in [-0.4, -0.2) is 41.9 Å². The van der Waals surface area contributed by atoms with Gasteiger partial charge in [-0.25, -0.2) is 5.84 Å². The molecule has 0 aliphatic carbocycles. The van der Waals surface area contributed by atoms with Crippen molar-refractivity contribution < 1.29 is 9.59 Å². The van der Waals surface area contributed by atoms with E-state index in [0.717, 1.165) is 37.9 Å². The Hall–Kier alpha value is -2.28. The SMILES string of the molecule is CC(=O)N1CC2CC1CN2c1ccc(CCc2ccc(CC(=O)NN)cc2)cc1.Cl.Cl. The zero-order chi connectivity index (χ0) is 20.4. The van der Waals surface area contributed by atoms with Crippen LogP contribution in [0.5, 0.6) is 0 Å². The molecule has 2 aliphatic rings. The first-order valence-electron chi connectivity index (χ1n) is 10.2. The van der Waals surface area contributed by atoms with E-state index in [9.17, 15) is 9.59 Å². The monoisotopic (exact) mass is 464 g/mol. The van der Waals surface area contributed by atoms with Gasteiger partial charge in [-0.1, -0.05) is 36.4 Å². The zero-order valence-electron chi connectivity index (χ0n) is 17.6. The van der Waals surface area contributed by atoms with Crippen LogP contribution in [0, 0.1) is 0 Å². The van der Waals surface area contributed by atoms with E-state index in [0.29, 0.717) is 18.5 Å². The molecule has 6 nitrogen and oxygen atoms in total. The zero-order valence-corrected chi connectivity index (χ0v) is 19.3. The van der Waals surface area contributed by atoms with Crippen molar-refractivity contribution in [3.8, 4) is 0 Å². The Labute approximate surface area is 195 Å². The molecule has 2 fully saturated rings. The van der Waals surface area contributed by atoms with E-state index >= 15 is 0 Å². The molecule has 8 heteroatoms. The topological polar surface area (TPSA) is 78.7 Å². The van der Waals surface area contributed by atoms with Crippen molar-refractivity contribution in [1.82, 2.24) is 10.3 Å². The number of piperazine rings is 1. The molecule has 0 radical (unpaired) electrons. The van der Waals surface area contributed by atoms with Crippen LogP contribution < -0.4 is 16.2 Å². The summed E-state index contributed by atoms with van der Waals surface area (Å²) in [6, 6.07) is 17.8. The van der Waals surface area contributed by atoms with Crippen LogP contribution in [0.1, 0.15) is 30.0 Å². The number of carbonyl (C=O) groups excluding carboxylic acids is 2.